The maximum absolute atomic E-state index is 12.1. The number of ether oxygens (including phenoxy) is 1. The predicted octanol–water partition coefficient (Wildman–Crippen LogP) is -1.91. The van der Waals surface area contributed by atoms with Gasteiger partial charge < -0.3 is 25.4 Å². The highest BCUT2D eigenvalue weighted by Crippen LogP contribution is 2.32. The van der Waals surface area contributed by atoms with Crippen LogP contribution in [-0.2, 0) is 11.8 Å². The summed E-state index contributed by atoms with van der Waals surface area (Å²) in [5, 5.41) is 32.3. The van der Waals surface area contributed by atoms with Crippen LogP contribution in [0.2, 0.25) is 0 Å². The number of fused-ring (bicyclic) bond motifs is 1. The molecule has 23 heavy (non-hydrogen) atoms. The fraction of sp³-hybridized carbons (Fsp3) is 0.615. The third kappa shape index (κ3) is 2.22. The zero-order chi connectivity index (χ0) is 16.9. The molecule has 0 bridgehead atoms. The van der Waals surface area contributed by atoms with Gasteiger partial charge in [-0.1, -0.05) is 0 Å². The van der Waals surface area contributed by atoms with Crippen LogP contribution in [0.15, 0.2) is 4.79 Å². The van der Waals surface area contributed by atoms with Crippen molar-refractivity contribution in [2.45, 2.75) is 31.5 Å². The molecule has 0 spiro atoms. The fourth-order valence-corrected chi connectivity index (χ4v) is 2.94. The molecular formula is C13H19N5O5. The lowest BCUT2D eigenvalue weighted by atomic mass is 10.1. The lowest BCUT2D eigenvalue weighted by molar-refractivity contribution is -0.0521. The highest BCUT2D eigenvalue weighted by atomic mass is 16.6. The molecule has 126 valence electrons. The van der Waals surface area contributed by atoms with Gasteiger partial charge in [0.15, 0.2) is 17.4 Å². The van der Waals surface area contributed by atoms with E-state index in [-0.39, 0.29) is 5.52 Å². The molecule has 0 aromatic carbocycles. The van der Waals surface area contributed by atoms with Gasteiger partial charge in [0.2, 0.25) is 5.95 Å². The van der Waals surface area contributed by atoms with Crippen molar-refractivity contribution < 1.29 is 20.1 Å². The van der Waals surface area contributed by atoms with Crippen LogP contribution < -0.4 is 10.9 Å². The van der Waals surface area contributed by atoms with Crippen LogP contribution in [0.25, 0.3) is 11.2 Å². The van der Waals surface area contributed by atoms with Crippen LogP contribution in [0.3, 0.4) is 0 Å². The molecular weight excluding hydrogens is 306 g/mol. The number of aliphatic hydroxyl groups excluding tert-OH is 3. The summed E-state index contributed by atoms with van der Waals surface area (Å²) in [4.78, 5) is 20.2. The highest BCUT2D eigenvalue weighted by Gasteiger charge is 2.44. The molecule has 4 atom stereocenters. The quantitative estimate of drug-likeness (QED) is 0.513. The Hall–Kier alpha value is -2.01. The number of anilines is 1. The summed E-state index contributed by atoms with van der Waals surface area (Å²) in [7, 11) is 3.33. The molecule has 3 rings (SSSR count). The Kier molecular flexibility index (Phi) is 3.84. The maximum Gasteiger partial charge on any atom is 0.302 e. The lowest BCUT2D eigenvalue weighted by Gasteiger charge is -2.20. The van der Waals surface area contributed by atoms with Crippen molar-refractivity contribution in [3.8, 4) is 0 Å². The van der Waals surface area contributed by atoms with Gasteiger partial charge in [-0.25, -0.2) is 4.98 Å². The average molecular weight is 325 g/mol. The molecule has 1 aliphatic rings. The van der Waals surface area contributed by atoms with Crippen LogP contribution in [0.1, 0.15) is 12.1 Å². The number of imidazole rings is 1. The first-order valence-electron chi connectivity index (χ1n) is 7.16. The smallest absolute Gasteiger partial charge is 0.302 e. The summed E-state index contributed by atoms with van der Waals surface area (Å²) >= 11 is 0. The van der Waals surface area contributed by atoms with Crippen LogP contribution in [-0.4, -0.2) is 66.4 Å². The Labute approximate surface area is 131 Å². The van der Waals surface area contributed by atoms with Gasteiger partial charge in [0, 0.05) is 14.1 Å². The lowest BCUT2D eigenvalue weighted by Crippen LogP contribution is -2.33. The summed E-state index contributed by atoms with van der Waals surface area (Å²) in [6.07, 6.45) is -4.37. The largest absolute Gasteiger partial charge is 0.394 e. The number of nitrogens with one attached hydrogen (secondary N) is 1. The molecule has 1 aliphatic heterocycles. The Morgan fingerprint density at radius 2 is 2.00 bits per heavy atom. The topological polar surface area (TPSA) is 135 Å². The average Bonchev–Trinajstić information content (AvgIpc) is 3.01. The van der Waals surface area contributed by atoms with E-state index in [0.29, 0.717) is 17.4 Å². The van der Waals surface area contributed by atoms with Crippen molar-refractivity contribution in [3.05, 3.63) is 16.2 Å². The molecule has 0 aliphatic carbocycles. The van der Waals surface area contributed by atoms with E-state index in [1.807, 2.05) is 0 Å². The van der Waals surface area contributed by atoms with Gasteiger partial charge in [-0.05, 0) is 6.92 Å². The van der Waals surface area contributed by atoms with E-state index in [0.717, 1.165) is 0 Å². The first kappa shape index (κ1) is 15.9. The number of aliphatic hydroxyl groups is 3. The molecule has 0 amide bonds. The first-order valence-corrected chi connectivity index (χ1v) is 7.16. The minimum atomic E-state index is -1.26. The Balaban J connectivity index is 2.24. The molecule has 0 radical (unpaired) electrons. The summed E-state index contributed by atoms with van der Waals surface area (Å²) < 4.78 is 8.70. The Morgan fingerprint density at radius 3 is 2.57 bits per heavy atom. The normalized spacial score (nSPS) is 27.7. The summed E-state index contributed by atoms with van der Waals surface area (Å²) in [6, 6.07) is 0. The number of rotatable bonds is 3. The van der Waals surface area contributed by atoms with Crippen molar-refractivity contribution >= 4 is 17.1 Å². The predicted molar refractivity (Wildman–Crippen MR) is 80.1 cm³/mol. The fourth-order valence-electron chi connectivity index (χ4n) is 2.94. The van der Waals surface area contributed by atoms with E-state index in [1.54, 1.807) is 25.6 Å². The third-order valence-corrected chi connectivity index (χ3v) is 4.10. The van der Waals surface area contributed by atoms with Crippen LogP contribution in [0, 0.1) is 6.92 Å². The van der Waals surface area contributed by atoms with Crippen LogP contribution >= 0.6 is 0 Å². The van der Waals surface area contributed by atoms with Crippen molar-refractivity contribution in [1.29, 1.82) is 0 Å². The summed E-state index contributed by atoms with van der Waals surface area (Å²) in [5.74, 6) is 0.757. The molecule has 10 heteroatoms. The van der Waals surface area contributed by atoms with E-state index < -0.39 is 36.7 Å². The third-order valence-electron chi connectivity index (χ3n) is 4.10. The molecule has 0 saturated carbocycles. The second-order valence-electron chi connectivity index (χ2n) is 5.48. The summed E-state index contributed by atoms with van der Waals surface area (Å²) in [6.45, 7) is 1.23. The molecule has 1 fully saturated rings. The first-order chi connectivity index (χ1) is 10.9. The van der Waals surface area contributed by atoms with E-state index in [4.69, 9.17) is 4.74 Å². The summed E-state index contributed by atoms with van der Waals surface area (Å²) in [5.41, 5.74) is 0.0412. The van der Waals surface area contributed by atoms with Gasteiger partial charge in [0.25, 0.3) is 0 Å². The number of aryl methyl sites for hydroxylation is 2. The SMILES string of the molecule is CNc1nc(=O)c2nc(C)n(C3OC(CO)C(O)C3O)c2n1C. The second-order valence-corrected chi connectivity index (χ2v) is 5.48. The zero-order valence-electron chi connectivity index (χ0n) is 13.0. The van der Waals surface area contributed by atoms with Crippen molar-refractivity contribution in [1.82, 2.24) is 19.1 Å². The number of hydrogen-bond donors (Lipinski definition) is 4. The standard InChI is InChI=1S/C13H19N5O5/c1-5-15-7-10(22)16-13(14-2)17(3)11(7)18(5)12-9(21)8(20)6(4-19)23-12/h6,8-9,12,19-21H,4H2,1-3H3,(H,14,16,22). The zero-order valence-corrected chi connectivity index (χ0v) is 13.0. The molecule has 3 heterocycles. The van der Waals surface area contributed by atoms with E-state index in [2.05, 4.69) is 15.3 Å². The number of aromatic nitrogens is 4. The van der Waals surface area contributed by atoms with Crippen molar-refractivity contribution in [2.24, 2.45) is 7.05 Å². The number of nitrogens with zero attached hydrogens (tertiary/aromatic N) is 4. The van der Waals surface area contributed by atoms with E-state index in [9.17, 15) is 20.1 Å². The van der Waals surface area contributed by atoms with Crippen LogP contribution in [0.5, 0.6) is 0 Å². The van der Waals surface area contributed by atoms with Gasteiger partial charge >= 0.3 is 5.56 Å². The van der Waals surface area contributed by atoms with Gasteiger partial charge in [-0.2, -0.15) is 4.98 Å². The van der Waals surface area contributed by atoms with Crippen molar-refractivity contribution in [2.75, 3.05) is 19.0 Å². The second kappa shape index (κ2) is 5.57. The molecule has 4 unspecified atom stereocenters. The molecule has 4 N–H and O–H groups in total. The maximum atomic E-state index is 12.1. The molecule has 1 saturated heterocycles. The molecule has 2 aromatic heterocycles. The van der Waals surface area contributed by atoms with Crippen molar-refractivity contribution in [3.63, 3.8) is 0 Å². The van der Waals surface area contributed by atoms with Gasteiger partial charge in [0.1, 0.15) is 24.1 Å². The Morgan fingerprint density at radius 1 is 1.30 bits per heavy atom. The van der Waals surface area contributed by atoms with Gasteiger partial charge in [0.05, 0.1) is 6.61 Å². The highest BCUT2D eigenvalue weighted by molar-refractivity contribution is 5.73. The minimum Gasteiger partial charge on any atom is -0.394 e. The number of hydrogen-bond acceptors (Lipinski definition) is 8. The van der Waals surface area contributed by atoms with E-state index in [1.165, 1.54) is 4.57 Å². The van der Waals surface area contributed by atoms with Gasteiger partial charge in [-0.15, -0.1) is 0 Å². The molecule has 10 nitrogen and oxygen atoms in total. The molecule has 2 aromatic rings. The monoisotopic (exact) mass is 325 g/mol. The van der Waals surface area contributed by atoms with E-state index >= 15 is 0 Å². The van der Waals surface area contributed by atoms with Crippen LogP contribution in [0.4, 0.5) is 5.95 Å². The Bertz CT molecular complexity index is 800. The minimum absolute atomic E-state index is 0.140. The van der Waals surface area contributed by atoms with Gasteiger partial charge in [-0.3, -0.25) is 13.9 Å².